The molecule has 2 aromatic rings. The van der Waals surface area contributed by atoms with Crippen molar-refractivity contribution in [1.82, 2.24) is 15.2 Å². The first-order valence-electron chi connectivity index (χ1n) is 8.50. The van der Waals surface area contributed by atoms with Crippen LogP contribution >= 0.6 is 11.8 Å². The van der Waals surface area contributed by atoms with E-state index in [0.717, 1.165) is 10.9 Å². The molecule has 3 N–H and O–H groups in total. The summed E-state index contributed by atoms with van der Waals surface area (Å²) in [4.78, 5) is 41.5. The van der Waals surface area contributed by atoms with Crippen molar-refractivity contribution < 1.29 is 24.2 Å². The maximum absolute atomic E-state index is 13.0. The number of hydrogen-bond donors (Lipinski definition) is 3. The molecular weight excluding hydrogens is 370 g/mol. The van der Waals surface area contributed by atoms with E-state index in [2.05, 4.69) is 10.3 Å². The number of H-pyrrole nitrogens is 1. The van der Waals surface area contributed by atoms with Gasteiger partial charge in [-0.2, -0.15) is 0 Å². The summed E-state index contributed by atoms with van der Waals surface area (Å²) >= 11 is 1.46. The van der Waals surface area contributed by atoms with E-state index in [1.807, 2.05) is 24.3 Å². The first kappa shape index (κ1) is 19.2. The van der Waals surface area contributed by atoms with Crippen molar-refractivity contribution in [3.05, 3.63) is 36.0 Å². The van der Waals surface area contributed by atoms with E-state index in [4.69, 9.17) is 4.74 Å². The molecule has 2 unspecified atom stereocenters. The van der Waals surface area contributed by atoms with Crippen molar-refractivity contribution in [1.29, 1.82) is 0 Å². The van der Waals surface area contributed by atoms with Crippen LogP contribution < -0.4 is 5.32 Å². The fraction of sp³-hybridized carbons (Fsp3) is 0.389. The lowest BCUT2D eigenvalue weighted by Gasteiger charge is -2.24. The highest BCUT2D eigenvalue weighted by Crippen LogP contribution is 2.26. The molecule has 27 heavy (non-hydrogen) atoms. The van der Waals surface area contributed by atoms with Gasteiger partial charge in [0.25, 0.3) is 5.91 Å². The Morgan fingerprint density at radius 2 is 2.19 bits per heavy atom. The number of nitrogens with zero attached hydrogens (tertiary/aromatic N) is 1. The minimum Gasteiger partial charge on any atom is -0.480 e. The van der Waals surface area contributed by atoms with Gasteiger partial charge >= 0.3 is 5.97 Å². The summed E-state index contributed by atoms with van der Waals surface area (Å²) in [5.41, 5.74) is 1.35. The predicted octanol–water partition coefficient (Wildman–Crippen LogP) is 1.29. The fourth-order valence-corrected chi connectivity index (χ4v) is 4.18. The van der Waals surface area contributed by atoms with E-state index in [1.54, 1.807) is 6.20 Å². The number of carbonyl (C=O) groups is 3. The van der Waals surface area contributed by atoms with Gasteiger partial charge in [0.15, 0.2) is 0 Å². The molecule has 1 aliphatic heterocycles. The molecule has 1 aliphatic rings. The van der Waals surface area contributed by atoms with Gasteiger partial charge in [0, 0.05) is 43.0 Å². The fourth-order valence-electron chi connectivity index (χ4n) is 3.02. The highest BCUT2D eigenvalue weighted by Gasteiger charge is 2.37. The quantitative estimate of drug-likeness (QED) is 0.656. The van der Waals surface area contributed by atoms with Crippen LogP contribution in [-0.2, 0) is 14.3 Å². The Morgan fingerprint density at radius 1 is 1.41 bits per heavy atom. The van der Waals surface area contributed by atoms with Crippen molar-refractivity contribution in [2.45, 2.75) is 18.5 Å². The summed E-state index contributed by atoms with van der Waals surface area (Å²) in [5, 5.41) is 12.6. The summed E-state index contributed by atoms with van der Waals surface area (Å²) in [6, 6.07) is 5.70. The maximum Gasteiger partial charge on any atom is 0.326 e. The van der Waals surface area contributed by atoms with Gasteiger partial charge in [0.2, 0.25) is 5.91 Å². The number of rotatable bonds is 7. The van der Waals surface area contributed by atoms with Crippen LogP contribution in [0.1, 0.15) is 16.8 Å². The van der Waals surface area contributed by atoms with Gasteiger partial charge in [-0.25, -0.2) is 4.79 Å². The number of amides is 2. The Hall–Kier alpha value is -2.52. The summed E-state index contributed by atoms with van der Waals surface area (Å²) < 4.78 is 4.89. The van der Waals surface area contributed by atoms with E-state index in [9.17, 15) is 19.5 Å². The number of ether oxygens (including phenoxy) is 1. The van der Waals surface area contributed by atoms with Gasteiger partial charge in [-0.1, -0.05) is 18.2 Å². The number of methoxy groups -OCH3 is 1. The Kier molecular flexibility index (Phi) is 6.02. The van der Waals surface area contributed by atoms with Crippen LogP contribution in [0.25, 0.3) is 10.9 Å². The largest absolute Gasteiger partial charge is 0.480 e. The van der Waals surface area contributed by atoms with Crippen molar-refractivity contribution in [2.75, 3.05) is 25.3 Å². The molecule has 3 rings (SSSR count). The molecule has 2 atom stereocenters. The molecule has 2 amide bonds. The van der Waals surface area contributed by atoms with Gasteiger partial charge in [-0.05, 0) is 6.07 Å². The first-order chi connectivity index (χ1) is 13.0. The summed E-state index contributed by atoms with van der Waals surface area (Å²) in [7, 11) is 1.47. The van der Waals surface area contributed by atoms with E-state index in [-0.39, 0.29) is 18.9 Å². The minimum atomic E-state index is -1.12. The molecule has 0 radical (unpaired) electrons. The number of para-hydroxylation sites is 1. The number of nitrogens with one attached hydrogen (secondary N) is 2. The van der Waals surface area contributed by atoms with Crippen molar-refractivity contribution in [3.8, 4) is 0 Å². The highest BCUT2D eigenvalue weighted by molar-refractivity contribution is 7.99. The normalized spacial score (nSPS) is 17.8. The molecule has 8 nitrogen and oxygen atoms in total. The molecule has 1 aromatic heterocycles. The van der Waals surface area contributed by atoms with E-state index < -0.39 is 24.0 Å². The maximum atomic E-state index is 13.0. The molecule has 9 heteroatoms. The van der Waals surface area contributed by atoms with Crippen molar-refractivity contribution in [2.24, 2.45) is 0 Å². The number of thioether (sulfide) groups is 1. The summed E-state index contributed by atoms with van der Waals surface area (Å²) in [6.45, 7) is 0.217. The zero-order chi connectivity index (χ0) is 19.4. The third kappa shape index (κ3) is 4.09. The number of carboxylic acid groups (broad SMARTS) is 1. The van der Waals surface area contributed by atoms with Crippen LogP contribution in [0.2, 0.25) is 0 Å². The number of aliphatic carboxylic acids is 1. The minimum absolute atomic E-state index is 0.161. The number of aromatic nitrogens is 1. The van der Waals surface area contributed by atoms with Crippen LogP contribution in [0.4, 0.5) is 0 Å². The number of benzene rings is 1. The average Bonchev–Trinajstić information content (AvgIpc) is 3.31. The first-order valence-corrected chi connectivity index (χ1v) is 9.65. The molecule has 144 valence electrons. The van der Waals surface area contributed by atoms with Crippen LogP contribution in [0.15, 0.2) is 30.5 Å². The Bertz CT molecular complexity index is 852. The highest BCUT2D eigenvalue weighted by atomic mass is 32.2. The zero-order valence-corrected chi connectivity index (χ0v) is 15.6. The van der Waals surface area contributed by atoms with Crippen LogP contribution in [0, 0.1) is 0 Å². The Morgan fingerprint density at radius 3 is 2.93 bits per heavy atom. The molecule has 0 bridgehead atoms. The molecule has 1 aromatic carbocycles. The van der Waals surface area contributed by atoms with Crippen molar-refractivity contribution >= 4 is 40.4 Å². The zero-order valence-electron chi connectivity index (χ0n) is 14.8. The van der Waals surface area contributed by atoms with Crippen LogP contribution in [0.3, 0.4) is 0 Å². The summed E-state index contributed by atoms with van der Waals surface area (Å²) in [5.74, 6) is -1.03. The second kappa shape index (κ2) is 8.45. The second-order valence-electron chi connectivity index (χ2n) is 6.22. The molecule has 2 heterocycles. The Labute approximate surface area is 160 Å². The second-order valence-corrected chi connectivity index (χ2v) is 7.22. The number of carboxylic acids is 1. The molecule has 0 saturated carbocycles. The number of aromatic amines is 1. The average molecular weight is 391 g/mol. The third-order valence-corrected chi connectivity index (χ3v) is 5.50. The van der Waals surface area contributed by atoms with Gasteiger partial charge in [0.1, 0.15) is 12.1 Å². The lowest BCUT2D eigenvalue weighted by atomic mass is 10.1. The number of carbonyl (C=O) groups excluding carboxylic acids is 2. The van der Waals surface area contributed by atoms with Gasteiger partial charge in [-0.15, -0.1) is 11.8 Å². The number of fused-ring (bicyclic) bond motifs is 1. The molecule has 0 aliphatic carbocycles. The third-order valence-electron chi connectivity index (χ3n) is 4.49. The summed E-state index contributed by atoms with van der Waals surface area (Å²) in [6.07, 6.45) is 1.80. The SMILES string of the molecule is COCCC(NC(=O)C1CSCN1C(=O)c1c[nH]c2ccccc12)C(=O)O. The van der Waals surface area contributed by atoms with Crippen LogP contribution in [-0.4, -0.2) is 70.2 Å². The van der Waals surface area contributed by atoms with Crippen LogP contribution in [0.5, 0.6) is 0 Å². The molecule has 1 saturated heterocycles. The van der Waals surface area contributed by atoms with Crippen molar-refractivity contribution in [3.63, 3.8) is 0 Å². The van der Waals surface area contributed by atoms with Gasteiger partial charge in [0.05, 0.1) is 11.4 Å². The number of hydrogen-bond acceptors (Lipinski definition) is 5. The van der Waals surface area contributed by atoms with E-state index in [0.29, 0.717) is 17.2 Å². The molecule has 1 fully saturated rings. The van der Waals surface area contributed by atoms with E-state index in [1.165, 1.54) is 23.8 Å². The lowest BCUT2D eigenvalue weighted by molar-refractivity contribution is -0.142. The van der Waals surface area contributed by atoms with Gasteiger partial charge < -0.3 is 25.0 Å². The lowest BCUT2D eigenvalue weighted by Crippen LogP contribution is -2.52. The monoisotopic (exact) mass is 391 g/mol. The smallest absolute Gasteiger partial charge is 0.326 e. The molecule has 0 spiro atoms. The molecular formula is C18H21N3O5S. The Balaban J connectivity index is 1.75. The van der Waals surface area contributed by atoms with E-state index >= 15 is 0 Å². The topological polar surface area (TPSA) is 112 Å². The predicted molar refractivity (Wildman–Crippen MR) is 102 cm³/mol. The van der Waals surface area contributed by atoms with Gasteiger partial charge in [-0.3, -0.25) is 9.59 Å². The standard InChI is InChI=1S/C18H21N3O5S/c1-26-7-6-14(18(24)25)20-16(22)15-9-27-10-21(15)17(23)12-8-19-13-5-3-2-4-11(12)13/h2-5,8,14-15,19H,6-7,9-10H2,1H3,(H,20,22)(H,24,25).